The highest BCUT2D eigenvalue weighted by Gasteiger charge is 2.55. The molecule has 21 heavy (non-hydrogen) atoms. The van der Waals surface area contributed by atoms with Crippen molar-refractivity contribution in [1.82, 2.24) is 4.90 Å². The Kier molecular flexibility index (Phi) is 3.85. The van der Waals surface area contributed by atoms with E-state index in [-0.39, 0.29) is 17.8 Å². The molecule has 2 unspecified atom stereocenters. The lowest BCUT2D eigenvalue weighted by atomic mass is 9.88. The first-order valence-electron chi connectivity index (χ1n) is 7.61. The molecular formula is C16H21FN2O2. The topological polar surface area (TPSA) is 41.6 Å². The van der Waals surface area contributed by atoms with Gasteiger partial charge in [-0.15, -0.1) is 0 Å². The van der Waals surface area contributed by atoms with Crippen molar-refractivity contribution in [1.29, 1.82) is 0 Å². The van der Waals surface area contributed by atoms with Crippen molar-refractivity contribution in [3.05, 3.63) is 30.1 Å². The number of halogens is 1. The summed E-state index contributed by atoms with van der Waals surface area (Å²) in [5, 5.41) is 3.35. The van der Waals surface area contributed by atoms with Crippen molar-refractivity contribution in [2.45, 2.75) is 37.8 Å². The minimum atomic E-state index is -0.704. The lowest BCUT2D eigenvalue weighted by Crippen LogP contribution is -2.55. The van der Waals surface area contributed by atoms with E-state index < -0.39 is 5.54 Å². The summed E-state index contributed by atoms with van der Waals surface area (Å²) in [6.45, 7) is 4.14. The van der Waals surface area contributed by atoms with Crippen molar-refractivity contribution < 1.29 is 13.9 Å². The fourth-order valence-electron chi connectivity index (χ4n) is 3.62. The summed E-state index contributed by atoms with van der Waals surface area (Å²) < 4.78 is 18.4. The van der Waals surface area contributed by atoms with Gasteiger partial charge in [0.1, 0.15) is 5.82 Å². The highest BCUT2D eigenvalue weighted by atomic mass is 19.1. The monoisotopic (exact) mass is 292 g/mol. The van der Waals surface area contributed by atoms with E-state index in [1.165, 1.54) is 12.1 Å². The molecule has 5 heteroatoms. The molecule has 2 aliphatic rings. The van der Waals surface area contributed by atoms with Crippen molar-refractivity contribution in [3.63, 3.8) is 0 Å². The minimum Gasteiger partial charge on any atom is -0.464 e. The van der Waals surface area contributed by atoms with Gasteiger partial charge in [-0.2, -0.15) is 0 Å². The fourth-order valence-corrected chi connectivity index (χ4v) is 3.62. The van der Waals surface area contributed by atoms with Gasteiger partial charge in [0.05, 0.1) is 6.61 Å². The third-order valence-electron chi connectivity index (χ3n) is 4.58. The quantitative estimate of drug-likeness (QED) is 0.865. The van der Waals surface area contributed by atoms with Crippen LogP contribution in [0.15, 0.2) is 24.3 Å². The first-order valence-corrected chi connectivity index (χ1v) is 7.61. The van der Waals surface area contributed by atoms with Gasteiger partial charge in [0.25, 0.3) is 0 Å². The second kappa shape index (κ2) is 5.64. The van der Waals surface area contributed by atoms with E-state index in [0.717, 1.165) is 38.0 Å². The van der Waals surface area contributed by atoms with E-state index in [4.69, 9.17) is 4.74 Å². The normalized spacial score (nSPS) is 28.4. The molecule has 0 aliphatic carbocycles. The number of rotatable bonds is 4. The lowest BCUT2D eigenvalue weighted by molar-refractivity contribution is -0.149. The summed E-state index contributed by atoms with van der Waals surface area (Å²) in [5.74, 6) is -0.469. The van der Waals surface area contributed by atoms with Gasteiger partial charge in [-0.1, -0.05) is 0 Å². The number of nitrogens with one attached hydrogen (secondary N) is 1. The average molecular weight is 292 g/mol. The zero-order chi connectivity index (χ0) is 14.9. The summed E-state index contributed by atoms with van der Waals surface area (Å²) in [4.78, 5) is 15.0. The number of ether oxygens (including phenoxy) is 1. The van der Waals surface area contributed by atoms with Crippen molar-refractivity contribution in [2.75, 3.05) is 25.0 Å². The largest absolute Gasteiger partial charge is 0.464 e. The van der Waals surface area contributed by atoms with Gasteiger partial charge in [0, 0.05) is 18.3 Å². The van der Waals surface area contributed by atoms with Gasteiger partial charge in [-0.3, -0.25) is 4.90 Å². The molecule has 2 atom stereocenters. The Balaban J connectivity index is 1.89. The summed E-state index contributed by atoms with van der Waals surface area (Å²) >= 11 is 0. The molecule has 0 saturated carbocycles. The molecule has 1 N–H and O–H groups in total. The Morgan fingerprint density at radius 3 is 2.90 bits per heavy atom. The van der Waals surface area contributed by atoms with Crippen molar-refractivity contribution in [3.8, 4) is 0 Å². The number of nitrogens with zero attached hydrogens (tertiary/aromatic N) is 1. The van der Waals surface area contributed by atoms with Crippen LogP contribution in [0.2, 0.25) is 0 Å². The van der Waals surface area contributed by atoms with Crippen LogP contribution >= 0.6 is 0 Å². The van der Waals surface area contributed by atoms with Crippen LogP contribution in [-0.4, -0.2) is 42.1 Å². The molecular weight excluding hydrogens is 271 g/mol. The summed E-state index contributed by atoms with van der Waals surface area (Å²) in [7, 11) is 0. The molecule has 2 saturated heterocycles. The zero-order valence-corrected chi connectivity index (χ0v) is 12.3. The minimum absolute atomic E-state index is 0.168. The molecule has 2 heterocycles. The third kappa shape index (κ3) is 2.50. The number of esters is 1. The van der Waals surface area contributed by atoms with Gasteiger partial charge >= 0.3 is 5.97 Å². The smallest absolute Gasteiger partial charge is 0.333 e. The molecule has 0 aromatic heterocycles. The van der Waals surface area contributed by atoms with Crippen molar-refractivity contribution in [2.24, 2.45) is 0 Å². The second-order valence-corrected chi connectivity index (χ2v) is 5.77. The molecule has 1 aromatic rings. The summed E-state index contributed by atoms with van der Waals surface area (Å²) in [6.07, 6.45) is 2.83. The van der Waals surface area contributed by atoms with Crippen molar-refractivity contribution >= 4 is 11.7 Å². The maximum Gasteiger partial charge on any atom is 0.333 e. The van der Waals surface area contributed by atoms with Crippen LogP contribution in [0.1, 0.15) is 26.2 Å². The van der Waals surface area contributed by atoms with Crippen LogP contribution in [0.4, 0.5) is 10.1 Å². The van der Waals surface area contributed by atoms with E-state index in [2.05, 4.69) is 10.2 Å². The number of carbonyl (C=O) groups is 1. The third-order valence-corrected chi connectivity index (χ3v) is 4.58. The standard InChI is InChI=1S/C16H21FN2O2/c1-2-21-15(20)16(9-11-19-10-3-4-14(16)19)18-13-7-5-12(17)6-8-13/h5-8,14,18H,2-4,9-11H2,1H3. The molecule has 114 valence electrons. The van der Waals surface area contributed by atoms with Crippen LogP contribution in [0.3, 0.4) is 0 Å². The number of hydrogen-bond acceptors (Lipinski definition) is 4. The lowest BCUT2D eigenvalue weighted by Gasteiger charge is -2.34. The maximum atomic E-state index is 13.1. The van der Waals surface area contributed by atoms with Gasteiger partial charge < -0.3 is 10.1 Å². The molecule has 3 rings (SSSR count). The number of hydrogen-bond donors (Lipinski definition) is 1. The zero-order valence-electron chi connectivity index (χ0n) is 12.3. The average Bonchev–Trinajstić information content (AvgIpc) is 3.06. The van der Waals surface area contributed by atoms with E-state index in [1.54, 1.807) is 12.1 Å². The van der Waals surface area contributed by atoms with Gasteiger partial charge in [0.2, 0.25) is 0 Å². The molecule has 2 aliphatic heterocycles. The molecule has 2 fully saturated rings. The molecule has 0 bridgehead atoms. The number of carbonyl (C=O) groups excluding carboxylic acids is 1. The highest BCUT2D eigenvalue weighted by Crippen LogP contribution is 2.39. The molecule has 0 spiro atoms. The first-order chi connectivity index (χ1) is 10.2. The van der Waals surface area contributed by atoms with E-state index in [9.17, 15) is 9.18 Å². The summed E-state index contributed by atoms with van der Waals surface area (Å²) in [5.41, 5.74) is 0.0582. The highest BCUT2D eigenvalue weighted by molar-refractivity contribution is 5.86. The van der Waals surface area contributed by atoms with E-state index >= 15 is 0 Å². The molecule has 0 amide bonds. The number of fused-ring (bicyclic) bond motifs is 1. The number of benzene rings is 1. The maximum absolute atomic E-state index is 13.1. The molecule has 4 nitrogen and oxygen atoms in total. The van der Waals surface area contributed by atoms with Crippen LogP contribution in [0, 0.1) is 5.82 Å². The van der Waals surface area contributed by atoms with Gasteiger partial charge in [0.15, 0.2) is 5.54 Å². The Bertz CT molecular complexity index is 520. The van der Waals surface area contributed by atoms with Crippen LogP contribution in [0.25, 0.3) is 0 Å². The molecule has 1 aromatic carbocycles. The van der Waals surface area contributed by atoms with Crippen LogP contribution in [0.5, 0.6) is 0 Å². The van der Waals surface area contributed by atoms with Crippen LogP contribution < -0.4 is 5.32 Å². The van der Waals surface area contributed by atoms with E-state index in [1.807, 2.05) is 6.92 Å². The SMILES string of the molecule is CCOC(=O)C1(Nc2ccc(F)cc2)CCN2CCCC21. The Morgan fingerprint density at radius 1 is 1.43 bits per heavy atom. The predicted octanol–water partition coefficient (Wildman–Crippen LogP) is 2.41. The second-order valence-electron chi connectivity index (χ2n) is 5.77. The van der Waals surface area contributed by atoms with Crippen LogP contribution in [-0.2, 0) is 9.53 Å². The Hall–Kier alpha value is -1.62. The van der Waals surface area contributed by atoms with Gasteiger partial charge in [-0.05, 0) is 57.0 Å². The van der Waals surface area contributed by atoms with E-state index in [0.29, 0.717) is 6.61 Å². The van der Waals surface area contributed by atoms with Gasteiger partial charge in [-0.25, -0.2) is 9.18 Å². The molecule has 0 radical (unpaired) electrons. The predicted molar refractivity (Wildman–Crippen MR) is 78.6 cm³/mol. The Labute approximate surface area is 124 Å². The summed E-state index contributed by atoms with van der Waals surface area (Å²) in [6, 6.07) is 6.33. The first kappa shape index (κ1) is 14.3. The fraction of sp³-hybridized carbons (Fsp3) is 0.562. The Morgan fingerprint density at radius 2 is 2.19 bits per heavy atom. The number of anilines is 1.